The summed E-state index contributed by atoms with van der Waals surface area (Å²) in [6.07, 6.45) is 0. The summed E-state index contributed by atoms with van der Waals surface area (Å²) in [5.41, 5.74) is 5.00. The molecule has 0 aliphatic carbocycles. The van der Waals surface area contributed by atoms with Crippen molar-refractivity contribution in [2.24, 2.45) is 16.6 Å². The summed E-state index contributed by atoms with van der Waals surface area (Å²) >= 11 is 0. The van der Waals surface area contributed by atoms with Gasteiger partial charge in [0.05, 0.1) is 19.8 Å². The van der Waals surface area contributed by atoms with Crippen LogP contribution in [0.5, 0.6) is 0 Å². The Kier molecular flexibility index (Phi) is 7.86. The lowest BCUT2D eigenvalue weighted by molar-refractivity contribution is -0.161. The van der Waals surface area contributed by atoms with Gasteiger partial charge in [-0.25, -0.2) is 4.79 Å². The first-order valence-electron chi connectivity index (χ1n) is 7.44. The Balaban J connectivity index is 3.95. The molecule has 0 aromatic heterocycles. The highest BCUT2D eigenvalue weighted by molar-refractivity contribution is 5.71. The third-order valence-corrected chi connectivity index (χ3v) is 2.67. The minimum absolute atomic E-state index is 0.0204. The Bertz CT molecular complexity index is 319. The van der Waals surface area contributed by atoms with E-state index in [0.29, 0.717) is 26.4 Å². The molecule has 0 saturated heterocycles. The fourth-order valence-electron chi connectivity index (χ4n) is 1.49. The van der Waals surface area contributed by atoms with Crippen LogP contribution >= 0.6 is 0 Å². The zero-order valence-electron chi connectivity index (χ0n) is 14.7. The minimum Gasteiger partial charge on any atom is -0.458 e. The summed E-state index contributed by atoms with van der Waals surface area (Å²) in [5.74, 6) is -0.344. The van der Waals surface area contributed by atoms with Gasteiger partial charge >= 0.3 is 5.97 Å². The first-order valence-corrected chi connectivity index (χ1v) is 7.44. The molecule has 5 heteroatoms. The van der Waals surface area contributed by atoms with Gasteiger partial charge in [-0.2, -0.15) is 0 Å². The fraction of sp³-hybridized carbons (Fsp3) is 0.938. The van der Waals surface area contributed by atoms with Gasteiger partial charge in [-0.3, -0.25) is 0 Å². The second-order valence-corrected chi connectivity index (χ2v) is 8.10. The molecule has 0 spiro atoms. The van der Waals surface area contributed by atoms with E-state index in [2.05, 4.69) is 13.8 Å². The molecular formula is C16H33NO4. The van der Waals surface area contributed by atoms with Crippen LogP contribution in [0.15, 0.2) is 0 Å². The summed E-state index contributed by atoms with van der Waals surface area (Å²) in [6.45, 7) is 15.9. The Morgan fingerprint density at radius 3 is 1.81 bits per heavy atom. The molecule has 0 unspecified atom stereocenters. The van der Waals surface area contributed by atoms with Crippen LogP contribution in [0.1, 0.15) is 48.5 Å². The predicted octanol–water partition coefficient (Wildman–Crippen LogP) is 2.37. The number of carbonyl (C=O) groups excluding carboxylic acids is 1. The van der Waals surface area contributed by atoms with Crippen molar-refractivity contribution in [2.75, 3.05) is 33.0 Å². The van der Waals surface area contributed by atoms with E-state index in [9.17, 15) is 4.79 Å². The van der Waals surface area contributed by atoms with Gasteiger partial charge in [0.15, 0.2) is 0 Å². The summed E-state index contributed by atoms with van der Waals surface area (Å²) in [4.78, 5) is 11.5. The van der Waals surface area contributed by atoms with Crippen molar-refractivity contribution in [3.63, 3.8) is 0 Å². The number of nitrogens with two attached hydrogens (primary N) is 1. The second-order valence-electron chi connectivity index (χ2n) is 8.10. The molecule has 0 atom stereocenters. The van der Waals surface area contributed by atoms with Crippen LogP contribution < -0.4 is 5.73 Å². The van der Waals surface area contributed by atoms with Crippen molar-refractivity contribution in [2.45, 2.75) is 54.1 Å². The van der Waals surface area contributed by atoms with E-state index >= 15 is 0 Å². The summed E-state index contributed by atoms with van der Waals surface area (Å²) < 4.78 is 16.3. The fourth-order valence-corrected chi connectivity index (χ4v) is 1.49. The molecule has 0 aliphatic heterocycles. The second kappa shape index (κ2) is 8.11. The van der Waals surface area contributed by atoms with Crippen LogP contribution in [0.3, 0.4) is 0 Å². The summed E-state index contributed by atoms with van der Waals surface area (Å²) in [7, 11) is 0. The largest absolute Gasteiger partial charge is 0.458 e. The van der Waals surface area contributed by atoms with Gasteiger partial charge in [0.25, 0.3) is 0 Å². The average molecular weight is 303 g/mol. The van der Waals surface area contributed by atoms with Crippen LogP contribution in [0, 0.1) is 10.8 Å². The number of hydrogen-bond donors (Lipinski definition) is 1. The molecule has 0 amide bonds. The van der Waals surface area contributed by atoms with Crippen molar-refractivity contribution >= 4 is 5.97 Å². The molecular weight excluding hydrogens is 270 g/mol. The quantitative estimate of drug-likeness (QED) is 0.662. The van der Waals surface area contributed by atoms with Gasteiger partial charge in [-0.1, -0.05) is 27.7 Å². The third kappa shape index (κ3) is 11.7. The molecule has 0 aromatic carbocycles. The maximum atomic E-state index is 11.5. The van der Waals surface area contributed by atoms with Gasteiger partial charge in [0.1, 0.15) is 12.2 Å². The zero-order chi connectivity index (χ0) is 16.7. The van der Waals surface area contributed by atoms with Gasteiger partial charge in [-0.05, 0) is 27.3 Å². The molecule has 0 bridgehead atoms. The topological polar surface area (TPSA) is 70.8 Å². The van der Waals surface area contributed by atoms with E-state index in [1.807, 2.05) is 34.6 Å². The van der Waals surface area contributed by atoms with Gasteiger partial charge in [-0.15, -0.1) is 0 Å². The SMILES string of the molecule is CC(C)(CN)COCC(C)(C)COCC(=O)OC(C)(C)C. The molecule has 2 N–H and O–H groups in total. The molecule has 0 heterocycles. The number of hydrogen-bond acceptors (Lipinski definition) is 5. The Morgan fingerprint density at radius 2 is 1.33 bits per heavy atom. The van der Waals surface area contributed by atoms with Crippen LogP contribution in [-0.2, 0) is 19.0 Å². The van der Waals surface area contributed by atoms with Crippen molar-refractivity contribution in [1.82, 2.24) is 0 Å². The van der Waals surface area contributed by atoms with Crippen LogP contribution in [-0.4, -0.2) is 44.5 Å². The van der Waals surface area contributed by atoms with Gasteiger partial charge in [0, 0.05) is 10.8 Å². The lowest BCUT2D eigenvalue weighted by Gasteiger charge is -2.28. The average Bonchev–Trinajstić information content (AvgIpc) is 2.25. The van der Waals surface area contributed by atoms with Crippen LogP contribution in [0.25, 0.3) is 0 Å². The van der Waals surface area contributed by atoms with Crippen molar-refractivity contribution < 1.29 is 19.0 Å². The van der Waals surface area contributed by atoms with E-state index in [1.165, 1.54) is 0 Å². The molecule has 126 valence electrons. The molecule has 0 aliphatic rings. The molecule has 0 aromatic rings. The van der Waals surface area contributed by atoms with Crippen LogP contribution in [0.2, 0.25) is 0 Å². The lowest BCUT2D eigenvalue weighted by Crippen LogP contribution is -2.33. The highest BCUT2D eigenvalue weighted by Crippen LogP contribution is 2.19. The molecule has 0 fully saturated rings. The highest BCUT2D eigenvalue weighted by atomic mass is 16.6. The predicted molar refractivity (Wildman–Crippen MR) is 84.1 cm³/mol. The van der Waals surface area contributed by atoms with Crippen molar-refractivity contribution in [1.29, 1.82) is 0 Å². The summed E-state index contributed by atoms with van der Waals surface area (Å²) in [5, 5.41) is 0. The van der Waals surface area contributed by atoms with Gasteiger partial charge in [0.2, 0.25) is 0 Å². The molecule has 21 heavy (non-hydrogen) atoms. The highest BCUT2D eigenvalue weighted by Gasteiger charge is 2.23. The Labute approximate surface area is 129 Å². The number of esters is 1. The Morgan fingerprint density at radius 1 is 0.857 bits per heavy atom. The first kappa shape index (κ1) is 20.3. The van der Waals surface area contributed by atoms with E-state index in [4.69, 9.17) is 19.9 Å². The normalized spacial score (nSPS) is 13.3. The van der Waals surface area contributed by atoms with Gasteiger partial charge < -0.3 is 19.9 Å². The van der Waals surface area contributed by atoms with E-state index in [0.717, 1.165) is 0 Å². The molecule has 0 saturated carbocycles. The monoisotopic (exact) mass is 303 g/mol. The standard InChI is InChI=1S/C16H33NO4/c1-14(2,3)21-13(18)8-19-11-16(6,7)12-20-10-15(4,5)9-17/h8-12,17H2,1-7H3. The number of rotatable bonds is 9. The Hall–Kier alpha value is -0.650. The van der Waals surface area contributed by atoms with E-state index in [1.54, 1.807) is 0 Å². The lowest BCUT2D eigenvalue weighted by atomic mass is 9.94. The molecule has 5 nitrogen and oxygen atoms in total. The minimum atomic E-state index is -0.479. The maximum absolute atomic E-state index is 11.5. The van der Waals surface area contributed by atoms with E-state index in [-0.39, 0.29) is 23.4 Å². The summed E-state index contributed by atoms with van der Waals surface area (Å²) in [6, 6.07) is 0. The maximum Gasteiger partial charge on any atom is 0.332 e. The van der Waals surface area contributed by atoms with Crippen molar-refractivity contribution in [3.8, 4) is 0 Å². The first-order chi connectivity index (χ1) is 9.37. The van der Waals surface area contributed by atoms with E-state index < -0.39 is 5.60 Å². The molecule has 0 rings (SSSR count). The third-order valence-electron chi connectivity index (χ3n) is 2.67. The molecule has 0 radical (unpaired) electrons. The number of carbonyl (C=O) groups is 1. The van der Waals surface area contributed by atoms with Crippen LogP contribution in [0.4, 0.5) is 0 Å². The van der Waals surface area contributed by atoms with Crippen molar-refractivity contribution in [3.05, 3.63) is 0 Å². The zero-order valence-corrected chi connectivity index (χ0v) is 14.7. The number of ether oxygens (including phenoxy) is 3. The smallest absolute Gasteiger partial charge is 0.332 e.